The molecular formula is C15H21NO5. The number of amides is 1. The summed E-state index contributed by atoms with van der Waals surface area (Å²) in [7, 11) is 3.04. The zero-order valence-electron chi connectivity index (χ0n) is 12.6. The summed E-state index contributed by atoms with van der Waals surface area (Å²) in [5.41, 5.74) is 0.493. The number of carbonyl (C=O) groups is 2. The third-order valence-electron chi connectivity index (χ3n) is 2.78. The van der Waals surface area contributed by atoms with Crippen molar-refractivity contribution in [1.29, 1.82) is 0 Å². The summed E-state index contributed by atoms with van der Waals surface area (Å²) >= 11 is 0. The lowest BCUT2D eigenvalue weighted by Crippen LogP contribution is -2.21. The number of hydrogen-bond acceptors (Lipinski definition) is 5. The van der Waals surface area contributed by atoms with E-state index in [-0.39, 0.29) is 12.6 Å². The maximum absolute atomic E-state index is 11.7. The molecule has 1 aromatic carbocycles. The van der Waals surface area contributed by atoms with Crippen LogP contribution in [0, 0.1) is 0 Å². The predicted molar refractivity (Wildman–Crippen MR) is 78.7 cm³/mol. The van der Waals surface area contributed by atoms with Gasteiger partial charge in [-0.15, -0.1) is 0 Å². The molecule has 6 heteroatoms. The van der Waals surface area contributed by atoms with Gasteiger partial charge in [-0.3, -0.25) is 9.59 Å². The molecule has 0 spiro atoms. The van der Waals surface area contributed by atoms with E-state index in [1.165, 1.54) is 7.11 Å². The Morgan fingerprint density at radius 2 is 1.95 bits per heavy atom. The first kappa shape index (κ1) is 16.8. The molecule has 0 heterocycles. The van der Waals surface area contributed by atoms with Crippen LogP contribution in [-0.2, 0) is 14.3 Å². The molecule has 1 amide bonds. The number of ether oxygens (including phenoxy) is 3. The van der Waals surface area contributed by atoms with E-state index in [1.54, 1.807) is 25.3 Å². The van der Waals surface area contributed by atoms with Crippen LogP contribution in [0.4, 0.5) is 5.69 Å². The molecule has 0 aliphatic rings. The molecule has 0 atom stereocenters. The Labute approximate surface area is 124 Å². The van der Waals surface area contributed by atoms with Gasteiger partial charge in [-0.25, -0.2) is 0 Å². The van der Waals surface area contributed by atoms with Crippen molar-refractivity contribution in [2.75, 3.05) is 26.1 Å². The van der Waals surface area contributed by atoms with Crippen LogP contribution in [0.15, 0.2) is 18.2 Å². The molecule has 0 unspecified atom stereocenters. The second kappa shape index (κ2) is 8.84. The van der Waals surface area contributed by atoms with E-state index in [0.717, 1.165) is 12.8 Å². The number of anilines is 1. The predicted octanol–water partition coefficient (Wildman–Crippen LogP) is 2.38. The zero-order valence-corrected chi connectivity index (χ0v) is 12.6. The van der Waals surface area contributed by atoms with Gasteiger partial charge in [-0.1, -0.05) is 13.3 Å². The molecule has 0 aliphatic heterocycles. The molecule has 0 saturated carbocycles. The number of methoxy groups -OCH3 is 2. The third kappa shape index (κ3) is 5.72. The monoisotopic (exact) mass is 295 g/mol. The first-order valence-electron chi connectivity index (χ1n) is 6.78. The average Bonchev–Trinajstić information content (AvgIpc) is 2.51. The molecule has 1 N–H and O–H groups in total. The minimum atomic E-state index is -0.414. The van der Waals surface area contributed by atoms with Crippen LogP contribution in [0.5, 0.6) is 11.5 Å². The highest BCUT2D eigenvalue weighted by atomic mass is 16.5. The first-order valence-corrected chi connectivity index (χ1v) is 6.78. The van der Waals surface area contributed by atoms with E-state index in [1.807, 2.05) is 6.92 Å². The van der Waals surface area contributed by atoms with Gasteiger partial charge in [0, 0.05) is 12.5 Å². The topological polar surface area (TPSA) is 73.9 Å². The van der Waals surface area contributed by atoms with Gasteiger partial charge in [0.15, 0.2) is 6.61 Å². The lowest BCUT2D eigenvalue weighted by atomic mass is 10.2. The van der Waals surface area contributed by atoms with Gasteiger partial charge in [-0.2, -0.15) is 0 Å². The van der Waals surface area contributed by atoms with Gasteiger partial charge in [0.1, 0.15) is 11.5 Å². The lowest BCUT2D eigenvalue weighted by molar-refractivity contribution is -0.147. The Hall–Kier alpha value is -2.24. The van der Waals surface area contributed by atoms with Crippen molar-refractivity contribution < 1.29 is 23.8 Å². The summed E-state index contributed by atoms with van der Waals surface area (Å²) < 4.78 is 15.1. The van der Waals surface area contributed by atoms with Crippen LogP contribution in [-0.4, -0.2) is 32.7 Å². The zero-order chi connectivity index (χ0) is 15.7. The van der Waals surface area contributed by atoms with Crippen molar-refractivity contribution in [1.82, 2.24) is 0 Å². The van der Waals surface area contributed by atoms with Crippen LogP contribution in [0.25, 0.3) is 0 Å². The van der Waals surface area contributed by atoms with Gasteiger partial charge >= 0.3 is 5.97 Å². The Morgan fingerprint density at radius 1 is 1.19 bits per heavy atom. The molecule has 0 saturated heterocycles. The van der Waals surface area contributed by atoms with Crippen LogP contribution in [0.2, 0.25) is 0 Å². The van der Waals surface area contributed by atoms with Crippen molar-refractivity contribution in [3.8, 4) is 11.5 Å². The lowest BCUT2D eigenvalue weighted by Gasteiger charge is -2.11. The van der Waals surface area contributed by atoms with Crippen molar-refractivity contribution in [3.05, 3.63) is 18.2 Å². The maximum Gasteiger partial charge on any atom is 0.306 e. The minimum Gasteiger partial charge on any atom is -0.497 e. The van der Waals surface area contributed by atoms with Crippen LogP contribution in [0.3, 0.4) is 0 Å². The fourth-order valence-corrected chi connectivity index (χ4v) is 1.63. The van der Waals surface area contributed by atoms with E-state index < -0.39 is 5.91 Å². The Morgan fingerprint density at radius 3 is 2.57 bits per heavy atom. The molecule has 0 radical (unpaired) electrons. The number of rotatable bonds is 8. The number of unbranched alkanes of at least 4 members (excludes halogenated alkanes) is 1. The van der Waals surface area contributed by atoms with E-state index in [4.69, 9.17) is 14.2 Å². The summed E-state index contributed by atoms with van der Waals surface area (Å²) in [4.78, 5) is 23.1. The smallest absolute Gasteiger partial charge is 0.306 e. The standard InChI is InChI=1S/C15H21NO5/c1-4-5-6-15(18)21-10-14(17)16-12-8-7-11(19-2)9-13(12)20-3/h7-9H,4-6,10H2,1-3H3,(H,16,17). The van der Waals surface area contributed by atoms with Crippen molar-refractivity contribution in [3.63, 3.8) is 0 Å². The first-order chi connectivity index (χ1) is 10.1. The molecule has 0 aliphatic carbocycles. The maximum atomic E-state index is 11.7. The number of benzene rings is 1. The van der Waals surface area contributed by atoms with Crippen molar-refractivity contribution >= 4 is 17.6 Å². The average molecular weight is 295 g/mol. The molecule has 6 nitrogen and oxygen atoms in total. The quantitative estimate of drug-likeness (QED) is 0.745. The second-order valence-electron chi connectivity index (χ2n) is 4.38. The third-order valence-corrected chi connectivity index (χ3v) is 2.78. The SMILES string of the molecule is CCCCC(=O)OCC(=O)Nc1ccc(OC)cc1OC. The fourth-order valence-electron chi connectivity index (χ4n) is 1.63. The summed E-state index contributed by atoms with van der Waals surface area (Å²) in [6.45, 7) is 1.67. The molecule has 1 rings (SSSR count). The van der Waals surface area contributed by atoms with E-state index in [2.05, 4.69) is 5.32 Å². The van der Waals surface area contributed by atoms with Gasteiger partial charge in [0.05, 0.1) is 19.9 Å². The fraction of sp³-hybridized carbons (Fsp3) is 0.467. The summed E-state index contributed by atoms with van der Waals surface area (Å²) in [6.07, 6.45) is 1.99. The Kier molecular flexibility index (Phi) is 7.08. The highest BCUT2D eigenvalue weighted by Crippen LogP contribution is 2.28. The molecule has 116 valence electrons. The van der Waals surface area contributed by atoms with E-state index >= 15 is 0 Å². The van der Waals surface area contributed by atoms with E-state index in [9.17, 15) is 9.59 Å². The second-order valence-corrected chi connectivity index (χ2v) is 4.38. The largest absolute Gasteiger partial charge is 0.497 e. The van der Waals surface area contributed by atoms with Gasteiger partial charge in [0.2, 0.25) is 0 Å². The number of esters is 1. The number of nitrogens with one attached hydrogen (secondary N) is 1. The molecule has 0 aromatic heterocycles. The van der Waals surface area contributed by atoms with Crippen LogP contribution < -0.4 is 14.8 Å². The Bertz CT molecular complexity index is 487. The molecular weight excluding hydrogens is 274 g/mol. The molecule has 0 bridgehead atoms. The van der Waals surface area contributed by atoms with Gasteiger partial charge in [-0.05, 0) is 18.6 Å². The van der Waals surface area contributed by atoms with Crippen molar-refractivity contribution in [2.45, 2.75) is 26.2 Å². The van der Waals surface area contributed by atoms with Crippen LogP contribution >= 0.6 is 0 Å². The highest BCUT2D eigenvalue weighted by molar-refractivity contribution is 5.94. The van der Waals surface area contributed by atoms with Gasteiger partial charge < -0.3 is 19.5 Å². The number of hydrogen-bond donors (Lipinski definition) is 1. The normalized spacial score (nSPS) is 9.86. The molecule has 0 fully saturated rings. The highest BCUT2D eigenvalue weighted by Gasteiger charge is 2.11. The summed E-state index contributed by atoms with van der Waals surface area (Å²) in [5.74, 6) is 0.313. The molecule has 1 aromatic rings. The number of carbonyl (C=O) groups excluding carboxylic acids is 2. The minimum absolute atomic E-state index is 0.308. The Balaban J connectivity index is 2.53. The summed E-state index contributed by atoms with van der Waals surface area (Å²) in [6, 6.07) is 5.02. The summed E-state index contributed by atoms with van der Waals surface area (Å²) in [5, 5.41) is 2.63. The van der Waals surface area contributed by atoms with Gasteiger partial charge in [0.25, 0.3) is 5.91 Å². The molecule has 21 heavy (non-hydrogen) atoms. The van der Waals surface area contributed by atoms with E-state index in [0.29, 0.717) is 23.6 Å². The van der Waals surface area contributed by atoms with Crippen molar-refractivity contribution in [2.24, 2.45) is 0 Å². The van der Waals surface area contributed by atoms with Crippen LogP contribution in [0.1, 0.15) is 26.2 Å².